The van der Waals surface area contributed by atoms with Crippen LogP contribution in [0.5, 0.6) is 0 Å². The average Bonchev–Trinajstić information content (AvgIpc) is 2.87. The summed E-state index contributed by atoms with van der Waals surface area (Å²) in [7, 11) is 0. The molecule has 1 aromatic heterocycles. The Kier molecular flexibility index (Phi) is 3.46. The van der Waals surface area contributed by atoms with Gasteiger partial charge in [0.25, 0.3) is 0 Å². The molecule has 1 unspecified atom stereocenters. The molecule has 0 saturated heterocycles. The molecule has 0 spiro atoms. The molecule has 1 aromatic carbocycles. The predicted molar refractivity (Wildman–Crippen MR) is 67.6 cm³/mol. The van der Waals surface area contributed by atoms with Gasteiger partial charge in [-0.25, -0.2) is 4.79 Å². The van der Waals surface area contributed by atoms with Gasteiger partial charge in [0.05, 0.1) is 6.20 Å². The van der Waals surface area contributed by atoms with E-state index in [-0.39, 0.29) is 5.56 Å². The molecule has 0 radical (unpaired) electrons. The number of hydrogen-bond donors (Lipinski definition) is 1. The van der Waals surface area contributed by atoms with Crippen molar-refractivity contribution in [3.8, 4) is 11.3 Å². The maximum absolute atomic E-state index is 11.0. The molecule has 0 fully saturated rings. The van der Waals surface area contributed by atoms with Gasteiger partial charge in [-0.1, -0.05) is 43.3 Å². The highest BCUT2D eigenvalue weighted by molar-refractivity contribution is 5.93. The molecular weight excluding hydrogens is 230 g/mol. The second kappa shape index (κ2) is 5.04. The summed E-state index contributed by atoms with van der Waals surface area (Å²) in [5.41, 5.74) is 2.06. The van der Waals surface area contributed by atoms with Crippen LogP contribution in [0.15, 0.2) is 35.0 Å². The number of hydrogen-bond acceptors (Lipinski definition) is 3. The zero-order valence-corrected chi connectivity index (χ0v) is 10.4. The smallest absolute Gasteiger partial charge is 0.341 e. The first-order valence-corrected chi connectivity index (χ1v) is 5.91. The molecule has 94 valence electrons. The quantitative estimate of drug-likeness (QED) is 0.894. The SMILES string of the molecule is CCC(C)c1ccc(-c2oncc2C(=O)O)cc1. The molecule has 0 bridgehead atoms. The van der Waals surface area contributed by atoms with Crippen molar-refractivity contribution in [1.82, 2.24) is 5.16 Å². The van der Waals surface area contributed by atoms with Crippen molar-refractivity contribution in [3.63, 3.8) is 0 Å². The van der Waals surface area contributed by atoms with E-state index in [4.69, 9.17) is 9.63 Å². The maximum atomic E-state index is 11.0. The van der Waals surface area contributed by atoms with Gasteiger partial charge in [0.15, 0.2) is 5.76 Å². The van der Waals surface area contributed by atoms with Crippen molar-refractivity contribution < 1.29 is 14.4 Å². The Morgan fingerprint density at radius 1 is 1.39 bits per heavy atom. The minimum atomic E-state index is -1.03. The molecule has 2 aromatic rings. The first-order chi connectivity index (χ1) is 8.63. The predicted octanol–water partition coefficient (Wildman–Crippen LogP) is 3.55. The van der Waals surface area contributed by atoms with Gasteiger partial charge in [-0.05, 0) is 17.9 Å². The summed E-state index contributed by atoms with van der Waals surface area (Å²) in [6.45, 7) is 4.30. The van der Waals surface area contributed by atoms with Gasteiger partial charge in [-0.3, -0.25) is 0 Å². The number of carboxylic acid groups (broad SMARTS) is 1. The van der Waals surface area contributed by atoms with Crippen molar-refractivity contribution in [2.45, 2.75) is 26.2 Å². The van der Waals surface area contributed by atoms with Crippen LogP contribution in [-0.4, -0.2) is 16.2 Å². The molecule has 0 aliphatic heterocycles. The molecule has 2 rings (SSSR count). The van der Waals surface area contributed by atoms with E-state index in [0.29, 0.717) is 11.7 Å². The van der Waals surface area contributed by atoms with Crippen molar-refractivity contribution >= 4 is 5.97 Å². The average molecular weight is 245 g/mol. The summed E-state index contributed by atoms with van der Waals surface area (Å²) in [6.07, 6.45) is 2.29. The molecule has 4 heteroatoms. The molecule has 0 aliphatic carbocycles. The highest BCUT2D eigenvalue weighted by Crippen LogP contribution is 2.26. The van der Waals surface area contributed by atoms with Crippen LogP contribution in [0.1, 0.15) is 42.1 Å². The van der Waals surface area contributed by atoms with Crippen LogP contribution in [0.4, 0.5) is 0 Å². The Morgan fingerprint density at radius 3 is 2.61 bits per heavy atom. The van der Waals surface area contributed by atoms with Gasteiger partial charge >= 0.3 is 5.97 Å². The van der Waals surface area contributed by atoms with E-state index >= 15 is 0 Å². The Morgan fingerprint density at radius 2 is 2.06 bits per heavy atom. The number of rotatable bonds is 4. The van der Waals surface area contributed by atoms with E-state index in [1.54, 1.807) is 0 Å². The summed E-state index contributed by atoms with van der Waals surface area (Å²) in [6, 6.07) is 7.73. The first-order valence-electron chi connectivity index (χ1n) is 5.91. The first kappa shape index (κ1) is 12.4. The van der Waals surface area contributed by atoms with Gasteiger partial charge in [-0.2, -0.15) is 0 Å². The fourth-order valence-electron chi connectivity index (χ4n) is 1.80. The Hall–Kier alpha value is -2.10. The number of carboxylic acids is 1. The summed E-state index contributed by atoms with van der Waals surface area (Å²) >= 11 is 0. The van der Waals surface area contributed by atoms with Gasteiger partial charge < -0.3 is 9.63 Å². The number of aromatic carboxylic acids is 1. The Labute approximate surface area is 105 Å². The third kappa shape index (κ3) is 2.27. The van der Waals surface area contributed by atoms with E-state index in [1.165, 1.54) is 11.8 Å². The zero-order chi connectivity index (χ0) is 13.1. The van der Waals surface area contributed by atoms with Crippen molar-refractivity contribution in [2.24, 2.45) is 0 Å². The molecule has 4 nitrogen and oxygen atoms in total. The lowest BCUT2D eigenvalue weighted by molar-refractivity contribution is 0.0697. The van der Waals surface area contributed by atoms with E-state index in [2.05, 4.69) is 19.0 Å². The molecular formula is C14H15NO3. The summed E-state index contributed by atoms with van der Waals surface area (Å²) in [5, 5.41) is 12.5. The highest BCUT2D eigenvalue weighted by Gasteiger charge is 2.16. The normalized spacial score (nSPS) is 12.3. The number of aromatic nitrogens is 1. The van der Waals surface area contributed by atoms with Crippen LogP contribution in [-0.2, 0) is 0 Å². The molecule has 1 N–H and O–H groups in total. The lowest BCUT2D eigenvalue weighted by Gasteiger charge is -2.08. The maximum Gasteiger partial charge on any atom is 0.341 e. The molecule has 1 atom stereocenters. The van der Waals surface area contributed by atoms with Crippen molar-refractivity contribution in [2.75, 3.05) is 0 Å². The van der Waals surface area contributed by atoms with Gasteiger partial charge in [0.2, 0.25) is 0 Å². The number of carbonyl (C=O) groups is 1. The fourth-order valence-corrected chi connectivity index (χ4v) is 1.80. The van der Waals surface area contributed by atoms with Crippen LogP contribution in [0.25, 0.3) is 11.3 Å². The summed E-state index contributed by atoms with van der Waals surface area (Å²) < 4.78 is 5.01. The largest absolute Gasteiger partial charge is 0.477 e. The van der Waals surface area contributed by atoms with Gasteiger partial charge in [0, 0.05) is 5.56 Å². The third-order valence-corrected chi connectivity index (χ3v) is 3.16. The van der Waals surface area contributed by atoms with Crippen LogP contribution in [0.2, 0.25) is 0 Å². The highest BCUT2D eigenvalue weighted by atomic mass is 16.5. The summed E-state index contributed by atoms with van der Waals surface area (Å²) in [5.74, 6) is -0.233. The third-order valence-electron chi connectivity index (χ3n) is 3.16. The van der Waals surface area contributed by atoms with Crippen LogP contribution in [0, 0.1) is 0 Å². The minimum absolute atomic E-state index is 0.0892. The molecule has 0 amide bonds. The summed E-state index contributed by atoms with van der Waals surface area (Å²) in [4.78, 5) is 11.0. The van der Waals surface area contributed by atoms with Crippen LogP contribution < -0.4 is 0 Å². The second-order valence-electron chi connectivity index (χ2n) is 4.31. The molecule has 1 heterocycles. The lowest BCUT2D eigenvalue weighted by atomic mass is 9.97. The molecule has 0 saturated carbocycles. The van der Waals surface area contributed by atoms with E-state index in [1.807, 2.05) is 24.3 Å². The Balaban J connectivity index is 2.34. The standard InChI is InChI=1S/C14H15NO3/c1-3-9(2)10-4-6-11(7-5-10)13-12(14(16)17)8-15-18-13/h4-9H,3H2,1-2H3,(H,16,17). The lowest BCUT2D eigenvalue weighted by Crippen LogP contribution is -1.96. The number of nitrogens with zero attached hydrogens (tertiary/aromatic N) is 1. The topological polar surface area (TPSA) is 63.3 Å². The molecule has 18 heavy (non-hydrogen) atoms. The van der Waals surface area contributed by atoms with E-state index in [9.17, 15) is 4.79 Å². The zero-order valence-electron chi connectivity index (χ0n) is 10.4. The van der Waals surface area contributed by atoms with Crippen LogP contribution >= 0.6 is 0 Å². The van der Waals surface area contributed by atoms with Crippen molar-refractivity contribution in [3.05, 3.63) is 41.6 Å². The minimum Gasteiger partial charge on any atom is -0.477 e. The van der Waals surface area contributed by atoms with E-state index < -0.39 is 5.97 Å². The van der Waals surface area contributed by atoms with Gasteiger partial charge in [-0.15, -0.1) is 0 Å². The second-order valence-corrected chi connectivity index (χ2v) is 4.31. The van der Waals surface area contributed by atoms with E-state index in [0.717, 1.165) is 12.0 Å². The van der Waals surface area contributed by atoms with Gasteiger partial charge in [0.1, 0.15) is 5.56 Å². The monoisotopic (exact) mass is 245 g/mol. The molecule has 0 aliphatic rings. The fraction of sp³-hybridized carbons (Fsp3) is 0.286. The Bertz CT molecular complexity index is 542. The number of benzene rings is 1. The van der Waals surface area contributed by atoms with Crippen LogP contribution in [0.3, 0.4) is 0 Å². The van der Waals surface area contributed by atoms with Crippen molar-refractivity contribution in [1.29, 1.82) is 0 Å².